The molecule has 4 unspecified atom stereocenters. The molecule has 0 bridgehead atoms. The number of rotatable bonds is 14. The van der Waals surface area contributed by atoms with Crippen LogP contribution in [0.25, 0.3) is 16.8 Å². The quantitative estimate of drug-likeness (QED) is 0.131. The Kier molecular flexibility index (Phi) is 14.1. The van der Waals surface area contributed by atoms with E-state index in [4.69, 9.17) is 31.5 Å². The number of hydrogen-bond donors (Lipinski definition) is 1. The standard InChI is InChI=1S/C49H50N6.C2H6/c1-5-7-8-9-14-26-42-45(41-25-16-19-31-51-41)46(48(53-42)54-47(44-27-17-20-32-52-44)36(4)40-24-15-18-30-50-40)43-28-29-49(55-43,38-22-12-10-11-13-23-38)34-35(3)39-33-37(39)21-6-2;1-2/h5-12,14-25,27,30-32,37,39,46H,1,3,13,26,28-29,33-34H2,2,4H3,(H,53,54);1-2H3/b8-7-,14-9-,21-6-,47-36+;. The fraction of sp³-hybridized carbons (Fsp3) is 0.275. The SMILES string of the molecule is C=C/C=C\C=C/CC1=C(c2ccccn2)C(C2=NC(CC(=C)C3CC3/C=C\C)(C3=CCC=CC=C3)CC2)C(=N/C(=C(\C)c2ccccn2)c2ccccn2)N1.CC. The third kappa shape index (κ3) is 9.69. The van der Waals surface area contributed by atoms with Crippen molar-refractivity contribution in [1.29, 1.82) is 0 Å². The Morgan fingerprint density at radius 1 is 0.947 bits per heavy atom. The summed E-state index contributed by atoms with van der Waals surface area (Å²) in [6, 6.07) is 18.0. The zero-order valence-corrected chi connectivity index (χ0v) is 34.0. The molecule has 5 heterocycles. The van der Waals surface area contributed by atoms with Crippen LogP contribution in [0.4, 0.5) is 0 Å². The summed E-state index contributed by atoms with van der Waals surface area (Å²) in [5.74, 6) is 1.64. The Labute approximate surface area is 340 Å². The van der Waals surface area contributed by atoms with Gasteiger partial charge in [0.1, 0.15) is 5.84 Å². The van der Waals surface area contributed by atoms with Gasteiger partial charge in [-0.3, -0.25) is 19.9 Å². The van der Waals surface area contributed by atoms with Crippen molar-refractivity contribution in [3.05, 3.63) is 193 Å². The molecule has 6 nitrogen and oxygen atoms in total. The van der Waals surface area contributed by atoms with E-state index < -0.39 is 5.54 Å². The third-order valence-electron chi connectivity index (χ3n) is 10.8. The first-order chi connectivity index (χ1) is 28.0. The summed E-state index contributed by atoms with van der Waals surface area (Å²) in [5, 5.41) is 3.84. The minimum Gasteiger partial charge on any atom is -0.346 e. The van der Waals surface area contributed by atoms with E-state index in [0.29, 0.717) is 18.3 Å². The molecule has 0 spiro atoms. The van der Waals surface area contributed by atoms with Crippen molar-refractivity contribution in [2.24, 2.45) is 27.7 Å². The molecule has 3 aromatic heterocycles. The van der Waals surface area contributed by atoms with Crippen molar-refractivity contribution < 1.29 is 0 Å². The Morgan fingerprint density at radius 3 is 2.40 bits per heavy atom. The lowest BCUT2D eigenvalue weighted by Gasteiger charge is -2.29. The van der Waals surface area contributed by atoms with E-state index in [-0.39, 0.29) is 5.92 Å². The van der Waals surface area contributed by atoms with Crippen LogP contribution in [-0.4, -0.2) is 32.0 Å². The molecule has 6 heteroatoms. The number of nitrogens with zero attached hydrogens (tertiary/aromatic N) is 5. The van der Waals surface area contributed by atoms with Gasteiger partial charge in [-0.15, -0.1) is 0 Å². The summed E-state index contributed by atoms with van der Waals surface area (Å²) in [6.07, 6.45) is 36.3. The maximum Gasteiger partial charge on any atom is 0.120 e. The molecule has 1 fully saturated rings. The van der Waals surface area contributed by atoms with Crippen LogP contribution < -0.4 is 5.32 Å². The highest BCUT2D eigenvalue weighted by molar-refractivity contribution is 6.21. The van der Waals surface area contributed by atoms with Crippen molar-refractivity contribution in [3.63, 3.8) is 0 Å². The van der Waals surface area contributed by atoms with Gasteiger partial charge in [-0.1, -0.05) is 124 Å². The first-order valence-corrected chi connectivity index (χ1v) is 20.4. The highest BCUT2D eigenvalue weighted by atomic mass is 15.1. The molecule has 7 rings (SSSR count). The second-order valence-corrected chi connectivity index (χ2v) is 14.5. The van der Waals surface area contributed by atoms with E-state index in [0.717, 1.165) is 76.9 Å². The molecule has 0 saturated heterocycles. The van der Waals surface area contributed by atoms with Crippen molar-refractivity contribution >= 4 is 28.4 Å². The van der Waals surface area contributed by atoms with Gasteiger partial charge in [0.25, 0.3) is 0 Å². The predicted molar refractivity (Wildman–Crippen MR) is 241 cm³/mol. The molecule has 1 saturated carbocycles. The van der Waals surface area contributed by atoms with Crippen molar-refractivity contribution in [2.45, 2.75) is 71.8 Å². The van der Waals surface area contributed by atoms with Gasteiger partial charge >= 0.3 is 0 Å². The number of amidine groups is 1. The minimum atomic E-state index is -0.417. The monoisotopic (exact) mass is 752 g/mol. The highest BCUT2D eigenvalue weighted by Crippen LogP contribution is 2.51. The number of pyridine rings is 3. The molecule has 4 aliphatic rings. The van der Waals surface area contributed by atoms with Crippen molar-refractivity contribution in [2.75, 3.05) is 0 Å². The number of hydrogen-bond acceptors (Lipinski definition) is 5. The Balaban J connectivity index is 0.00000270. The minimum absolute atomic E-state index is 0.252. The van der Waals surface area contributed by atoms with Gasteiger partial charge < -0.3 is 5.32 Å². The fourth-order valence-electron chi connectivity index (χ4n) is 8.02. The van der Waals surface area contributed by atoms with Gasteiger partial charge in [-0.05, 0) is 99.8 Å². The maximum atomic E-state index is 5.88. The molecule has 2 aliphatic carbocycles. The molecule has 0 aromatic carbocycles. The lowest BCUT2D eigenvalue weighted by atomic mass is 9.80. The predicted octanol–water partition coefficient (Wildman–Crippen LogP) is 12.1. The topological polar surface area (TPSA) is 75.4 Å². The van der Waals surface area contributed by atoms with Crippen LogP contribution in [0.15, 0.2) is 186 Å². The van der Waals surface area contributed by atoms with Gasteiger partial charge in [0, 0.05) is 47.6 Å². The van der Waals surface area contributed by atoms with E-state index in [9.17, 15) is 0 Å². The Bertz CT molecular complexity index is 2190. The number of allylic oxidation sites excluding steroid dienone is 12. The zero-order valence-electron chi connectivity index (χ0n) is 34.0. The molecule has 2 aliphatic heterocycles. The number of nitrogens with one attached hydrogen (secondary N) is 1. The van der Waals surface area contributed by atoms with E-state index >= 15 is 0 Å². The summed E-state index contributed by atoms with van der Waals surface area (Å²) in [7, 11) is 0. The van der Waals surface area contributed by atoms with Crippen LogP contribution in [-0.2, 0) is 0 Å². The molecule has 3 aromatic rings. The molecular formula is C51H56N6. The zero-order chi connectivity index (χ0) is 40.0. The van der Waals surface area contributed by atoms with Gasteiger partial charge in [0.05, 0.1) is 34.2 Å². The van der Waals surface area contributed by atoms with Crippen LogP contribution in [0.2, 0.25) is 0 Å². The van der Waals surface area contributed by atoms with E-state index in [1.165, 1.54) is 17.6 Å². The summed E-state index contributed by atoms with van der Waals surface area (Å²) in [4.78, 5) is 25.9. The van der Waals surface area contributed by atoms with Crippen LogP contribution in [0.5, 0.6) is 0 Å². The van der Waals surface area contributed by atoms with Crippen LogP contribution in [0.3, 0.4) is 0 Å². The van der Waals surface area contributed by atoms with Gasteiger partial charge in [0.2, 0.25) is 0 Å². The average Bonchev–Trinajstić information content (AvgIpc) is 3.89. The number of aromatic nitrogens is 3. The number of aliphatic imine (C=N–C) groups is 2. The Hall–Kier alpha value is -6.01. The first kappa shape index (κ1) is 40.6. The largest absolute Gasteiger partial charge is 0.346 e. The van der Waals surface area contributed by atoms with Crippen LogP contribution in [0, 0.1) is 17.8 Å². The molecule has 1 N–H and O–H groups in total. The Morgan fingerprint density at radius 2 is 1.70 bits per heavy atom. The van der Waals surface area contributed by atoms with Crippen molar-refractivity contribution in [3.8, 4) is 0 Å². The molecule has 0 radical (unpaired) electrons. The van der Waals surface area contributed by atoms with Crippen LogP contribution in [0.1, 0.15) is 83.3 Å². The first-order valence-electron chi connectivity index (χ1n) is 20.4. The van der Waals surface area contributed by atoms with Gasteiger partial charge in [-0.25, -0.2) is 4.99 Å². The average molecular weight is 753 g/mol. The van der Waals surface area contributed by atoms with Gasteiger partial charge in [0.15, 0.2) is 0 Å². The second-order valence-electron chi connectivity index (χ2n) is 14.5. The molecule has 57 heavy (non-hydrogen) atoms. The molecular weight excluding hydrogens is 697 g/mol. The summed E-state index contributed by atoms with van der Waals surface area (Å²) in [6.45, 7) is 16.7. The maximum absolute atomic E-state index is 5.88. The highest BCUT2D eigenvalue weighted by Gasteiger charge is 2.47. The lowest BCUT2D eigenvalue weighted by Crippen LogP contribution is -2.29. The van der Waals surface area contributed by atoms with Crippen LogP contribution >= 0.6 is 0 Å². The lowest BCUT2D eigenvalue weighted by molar-refractivity contribution is 0.492. The van der Waals surface area contributed by atoms with Crippen molar-refractivity contribution in [1.82, 2.24) is 20.3 Å². The van der Waals surface area contributed by atoms with E-state index in [1.807, 2.05) is 87.1 Å². The van der Waals surface area contributed by atoms with E-state index in [1.54, 1.807) is 6.08 Å². The fourth-order valence-corrected chi connectivity index (χ4v) is 8.02. The normalized spacial score (nSPS) is 23.9. The second kappa shape index (κ2) is 19.7. The summed E-state index contributed by atoms with van der Waals surface area (Å²) in [5.41, 5.74) is 9.65. The molecule has 290 valence electrons. The molecule has 0 amide bonds. The smallest absolute Gasteiger partial charge is 0.120 e. The summed E-state index contributed by atoms with van der Waals surface area (Å²) >= 11 is 0. The third-order valence-corrected chi connectivity index (χ3v) is 10.8. The van der Waals surface area contributed by atoms with Gasteiger partial charge in [-0.2, -0.15) is 0 Å². The molecule has 4 atom stereocenters. The summed E-state index contributed by atoms with van der Waals surface area (Å²) < 4.78 is 0. The van der Waals surface area contributed by atoms with E-state index in [2.05, 4.69) is 92.6 Å².